The molecule has 1 fully saturated rings. The van der Waals surface area contributed by atoms with Crippen molar-refractivity contribution < 1.29 is 9.13 Å². The first-order valence-corrected chi connectivity index (χ1v) is 7.22. The normalized spacial score (nSPS) is 20.8. The Morgan fingerprint density at radius 2 is 2.15 bits per heavy atom. The van der Waals surface area contributed by atoms with Gasteiger partial charge in [0.2, 0.25) is 0 Å². The van der Waals surface area contributed by atoms with Crippen LogP contribution in [0.2, 0.25) is 0 Å². The number of pyridine rings is 1. The summed E-state index contributed by atoms with van der Waals surface area (Å²) in [6.07, 6.45) is 3.78. The molecule has 2 N–H and O–H groups in total. The van der Waals surface area contributed by atoms with Gasteiger partial charge in [-0.25, -0.2) is 4.39 Å². The average molecular weight is 281 g/mol. The Bertz CT molecular complexity index is 404. The van der Waals surface area contributed by atoms with E-state index >= 15 is 0 Å². The van der Waals surface area contributed by atoms with Gasteiger partial charge in [-0.05, 0) is 30.9 Å². The first kappa shape index (κ1) is 15.4. The SMILES string of the molecule is COC1CCN(CC(C)C(N)c2ccc(F)cn2)CC1. The van der Waals surface area contributed by atoms with Crippen molar-refractivity contribution in [2.45, 2.75) is 31.9 Å². The van der Waals surface area contributed by atoms with Crippen molar-refractivity contribution in [1.82, 2.24) is 9.88 Å². The summed E-state index contributed by atoms with van der Waals surface area (Å²) in [4.78, 5) is 6.50. The van der Waals surface area contributed by atoms with Crippen LogP contribution in [-0.2, 0) is 4.74 Å². The number of hydrogen-bond donors (Lipinski definition) is 1. The molecule has 0 saturated carbocycles. The third kappa shape index (κ3) is 3.98. The van der Waals surface area contributed by atoms with Crippen LogP contribution in [0.1, 0.15) is 31.5 Å². The zero-order valence-corrected chi connectivity index (χ0v) is 12.3. The molecule has 4 nitrogen and oxygen atoms in total. The molecule has 2 heterocycles. The van der Waals surface area contributed by atoms with Crippen molar-refractivity contribution in [3.63, 3.8) is 0 Å². The lowest BCUT2D eigenvalue weighted by molar-refractivity contribution is 0.0361. The highest BCUT2D eigenvalue weighted by Crippen LogP contribution is 2.21. The second kappa shape index (κ2) is 7.11. The van der Waals surface area contributed by atoms with Gasteiger partial charge in [-0.3, -0.25) is 4.98 Å². The molecule has 20 heavy (non-hydrogen) atoms. The fourth-order valence-corrected chi connectivity index (χ4v) is 2.72. The maximum Gasteiger partial charge on any atom is 0.141 e. The Balaban J connectivity index is 1.85. The standard InChI is InChI=1S/C15H24FN3O/c1-11(10-19-7-5-13(20-2)6-8-19)15(17)14-4-3-12(16)9-18-14/h3-4,9,11,13,15H,5-8,10,17H2,1-2H3. The van der Waals surface area contributed by atoms with Gasteiger partial charge in [-0.15, -0.1) is 0 Å². The van der Waals surface area contributed by atoms with E-state index in [0.717, 1.165) is 38.2 Å². The Hall–Kier alpha value is -1.04. The summed E-state index contributed by atoms with van der Waals surface area (Å²) in [7, 11) is 1.78. The Kier molecular flexibility index (Phi) is 5.46. The molecule has 0 bridgehead atoms. The van der Waals surface area contributed by atoms with Gasteiger partial charge in [0.15, 0.2) is 0 Å². The van der Waals surface area contributed by atoms with Gasteiger partial charge in [0.1, 0.15) is 5.82 Å². The van der Waals surface area contributed by atoms with Gasteiger partial charge in [-0.1, -0.05) is 6.92 Å². The average Bonchev–Trinajstić information content (AvgIpc) is 2.48. The predicted molar refractivity (Wildman–Crippen MR) is 76.8 cm³/mol. The van der Waals surface area contributed by atoms with Crippen LogP contribution in [0.25, 0.3) is 0 Å². The number of methoxy groups -OCH3 is 1. The van der Waals surface area contributed by atoms with Crippen LogP contribution < -0.4 is 5.73 Å². The lowest BCUT2D eigenvalue weighted by Crippen LogP contribution is -2.41. The topological polar surface area (TPSA) is 51.4 Å². The predicted octanol–water partition coefficient (Wildman–Crippen LogP) is 1.97. The lowest BCUT2D eigenvalue weighted by atomic mass is 9.97. The van der Waals surface area contributed by atoms with Crippen LogP contribution in [0.5, 0.6) is 0 Å². The molecular formula is C15H24FN3O. The number of rotatable bonds is 5. The van der Waals surface area contributed by atoms with E-state index in [-0.39, 0.29) is 17.8 Å². The minimum absolute atomic E-state index is 0.157. The van der Waals surface area contributed by atoms with E-state index in [0.29, 0.717) is 6.10 Å². The Labute approximate surface area is 120 Å². The van der Waals surface area contributed by atoms with E-state index in [1.807, 2.05) is 0 Å². The van der Waals surface area contributed by atoms with Crippen molar-refractivity contribution >= 4 is 0 Å². The molecule has 2 rings (SSSR count). The van der Waals surface area contributed by atoms with Gasteiger partial charge in [-0.2, -0.15) is 0 Å². The molecule has 1 aromatic heterocycles. The molecule has 1 aliphatic rings. The summed E-state index contributed by atoms with van der Waals surface area (Å²) in [5.41, 5.74) is 6.98. The van der Waals surface area contributed by atoms with Crippen molar-refractivity contribution in [3.8, 4) is 0 Å². The van der Waals surface area contributed by atoms with E-state index in [1.54, 1.807) is 13.2 Å². The van der Waals surface area contributed by atoms with Crippen molar-refractivity contribution in [2.75, 3.05) is 26.7 Å². The van der Waals surface area contributed by atoms with E-state index in [9.17, 15) is 4.39 Å². The summed E-state index contributed by atoms with van der Waals surface area (Å²) in [5, 5.41) is 0. The van der Waals surface area contributed by atoms with Crippen LogP contribution in [0.15, 0.2) is 18.3 Å². The minimum atomic E-state index is -0.324. The van der Waals surface area contributed by atoms with Crippen LogP contribution in [0.4, 0.5) is 4.39 Å². The van der Waals surface area contributed by atoms with Gasteiger partial charge in [0.05, 0.1) is 24.0 Å². The first-order valence-electron chi connectivity index (χ1n) is 7.22. The molecule has 1 aliphatic heterocycles. The fourth-order valence-electron chi connectivity index (χ4n) is 2.72. The van der Waals surface area contributed by atoms with E-state index in [2.05, 4.69) is 16.8 Å². The van der Waals surface area contributed by atoms with Gasteiger partial charge >= 0.3 is 0 Å². The summed E-state index contributed by atoms with van der Waals surface area (Å²) in [6.45, 7) is 5.16. The molecule has 0 spiro atoms. The number of aromatic nitrogens is 1. The van der Waals surface area contributed by atoms with Gasteiger partial charge < -0.3 is 15.4 Å². The molecule has 5 heteroatoms. The Morgan fingerprint density at radius 3 is 2.70 bits per heavy atom. The molecule has 2 atom stereocenters. The minimum Gasteiger partial charge on any atom is -0.381 e. The second-order valence-electron chi connectivity index (χ2n) is 5.64. The van der Waals surface area contributed by atoms with Crippen LogP contribution in [0.3, 0.4) is 0 Å². The number of hydrogen-bond acceptors (Lipinski definition) is 4. The van der Waals surface area contributed by atoms with E-state index < -0.39 is 0 Å². The number of nitrogens with two attached hydrogens (primary N) is 1. The Morgan fingerprint density at radius 1 is 1.45 bits per heavy atom. The smallest absolute Gasteiger partial charge is 0.141 e. The maximum atomic E-state index is 12.9. The molecule has 2 unspecified atom stereocenters. The number of ether oxygens (including phenoxy) is 1. The van der Waals surface area contributed by atoms with Crippen LogP contribution in [0, 0.1) is 11.7 Å². The van der Waals surface area contributed by atoms with Crippen molar-refractivity contribution in [3.05, 3.63) is 29.8 Å². The molecule has 1 aromatic rings. The highest BCUT2D eigenvalue weighted by atomic mass is 19.1. The number of piperidine rings is 1. The lowest BCUT2D eigenvalue weighted by Gasteiger charge is -2.34. The molecular weight excluding hydrogens is 257 g/mol. The third-order valence-electron chi connectivity index (χ3n) is 4.12. The maximum absolute atomic E-state index is 12.9. The summed E-state index contributed by atoms with van der Waals surface area (Å²) in [5.74, 6) is -0.0395. The van der Waals surface area contributed by atoms with Gasteiger partial charge in [0.25, 0.3) is 0 Å². The number of halogens is 1. The van der Waals surface area contributed by atoms with Crippen molar-refractivity contribution in [1.29, 1.82) is 0 Å². The summed E-state index contributed by atoms with van der Waals surface area (Å²) in [6, 6.07) is 2.93. The van der Waals surface area contributed by atoms with Crippen LogP contribution >= 0.6 is 0 Å². The third-order valence-corrected chi connectivity index (χ3v) is 4.12. The van der Waals surface area contributed by atoms with E-state index in [4.69, 9.17) is 10.5 Å². The fraction of sp³-hybridized carbons (Fsp3) is 0.667. The molecule has 0 aliphatic carbocycles. The number of nitrogens with zero attached hydrogens (tertiary/aromatic N) is 2. The van der Waals surface area contributed by atoms with Crippen molar-refractivity contribution in [2.24, 2.45) is 11.7 Å². The van der Waals surface area contributed by atoms with Crippen LogP contribution in [-0.4, -0.2) is 42.7 Å². The molecule has 112 valence electrons. The highest BCUT2D eigenvalue weighted by molar-refractivity contribution is 5.10. The summed E-state index contributed by atoms with van der Waals surface area (Å²) < 4.78 is 18.2. The molecule has 0 radical (unpaired) electrons. The zero-order chi connectivity index (χ0) is 14.5. The molecule has 0 aromatic carbocycles. The summed E-state index contributed by atoms with van der Waals surface area (Å²) >= 11 is 0. The number of likely N-dealkylation sites (tertiary alicyclic amines) is 1. The zero-order valence-electron chi connectivity index (χ0n) is 12.3. The van der Waals surface area contributed by atoms with Gasteiger partial charge in [0, 0.05) is 26.7 Å². The second-order valence-corrected chi connectivity index (χ2v) is 5.64. The highest BCUT2D eigenvalue weighted by Gasteiger charge is 2.23. The molecule has 1 saturated heterocycles. The quantitative estimate of drug-likeness (QED) is 0.896. The monoisotopic (exact) mass is 281 g/mol. The largest absolute Gasteiger partial charge is 0.381 e. The van der Waals surface area contributed by atoms with E-state index in [1.165, 1.54) is 12.3 Å². The molecule has 0 amide bonds. The first-order chi connectivity index (χ1) is 9.60.